The smallest absolute Gasteiger partial charge is 0.356 e. The molecule has 1 N–H and O–H groups in total. The highest BCUT2D eigenvalue weighted by Crippen LogP contribution is 2.61. The van der Waals surface area contributed by atoms with Gasteiger partial charge in [-0.05, 0) is 74.7 Å². The highest BCUT2D eigenvalue weighted by molar-refractivity contribution is 5.76. The summed E-state index contributed by atoms with van der Waals surface area (Å²) in [6, 6.07) is 0.940. The third kappa shape index (κ3) is 4.11. The molecule has 4 aliphatic rings. The lowest BCUT2D eigenvalue weighted by Crippen LogP contribution is -2.48. The molecule has 4 fully saturated rings. The summed E-state index contributed by atoms with van der Waals surface area (Å²) in [5, 5.41) is 2.88. The van der Waals surface area contributed by atoms with Crippen molar-refractivity contribution in [2.75, 3.05) is 6.54 Å². The summed E-state index contributed by atoms with van der Waals surface area (Å²) in [4.78, 5) is 20.1. The van der Waals surface area contributed by atoms with E-state index in [9.17, 15) is 18.0 Å². The van der Waals surface area contributed by atoms with Crippen molar-refractivity contribution in [3.05, 3.63) is 23.3 Å². The fraction of sp³-hybridized carbons (Fsp3) is 0.750. The van der Waals surface area contributed by atoms with Gasteiger partial charge in [0, 0.05) is 25.1 Å². The van der Waals surface area contributed by atoms with Crippen molar-refractivity contribution >= 4 is 5.91 Å². The van der Waals surface area contributed by atoms with Gasteiger partial charge < -0.3 is 5.32 Å². The number of amides is 1. The van der Waals surface area contributed by atoms with Gasteiger partial charge in [-0.2, -0.15) is 13.2 Å². The average molecular weight is 381 g/mol. The lowest BCUT2D eigenvalue weighted by molar-refractivity contribution is -0.141. The van der Waals surface area contributed by atoms with Crippen LogP contribution in [0.3, 0.4) is 0 Å². The molecule has 0 saturated heterocycles. The van der Waals surface area contributed by atoms with Crippen LogP contribution < -0.4 is 5.32 Å². The summed E-state index contributed by atoms with van der Waals surface area (Å²) >= 11 is 0. The standard InChI is InChI=1S/C20H26F3N3O/c1-12-4-16(20(21,22)23)26-17(25-12)2-3-24-18(27)11-19-8-13-5-14(9-19)7-15(6-13)10-19/h4,13-15H,2-3,5-11H2,1H3,(H,24,27). The van der Waals surface area contributed by atoms with Gasteiger partial charge >= 0.3 is 6.18 Å². The number of rotatable bonds is 5. The van der Waals surface area contributed by atoms with Gasteiger partial charge in [0.05, 0.1) is 0 Å². The number of alkyl halides is 3. The maximum absolute atomic E-state index is 12.9. The molecule has 4 bridgehead atoms. The maximum Gasteiger partial charge on any atom is 0.433 e. The van der Waals surface area contributed by atoms with E-state index in [2.05, 4.69) is 15.3 Å². The van der Waals surface area contributed by atoms with Crippen LogP contribution in [0.25, 0.3) is 0 Å². The number of carbonyl (C=O) groups excluding carboxylic acids is 1. The fourth-order valence-corrected chi connectivity index (χ4v) is 6.11. The predicted octanol–water partition coefficient (Wildman–Crippen LogP) is 4.07. The molecule has 5 rings (SSSR count). The molecule has 0 aliphatic heterocycles. The second kappa shape index (κ2) is 6.74. The van der Waals surface area contributed by atoms with Gasteiger partial charge in [0.2, 0.25) is 5.91 Å². The Morgan fingerprint density at radius 2 is 1.74 bits per heavy atom. The molecule has 27 heavy (non-hydrogen) atoms. The summed E-state index contributed by atoms with van der Waals surface area (Å²) in [5.74, 6) is 2.53. The number of hydrogen-bond acceptors (Lipinski definition) is 3. The van der Waals surface area contributed by atoms with Crippen LogP contribution in [0.5, 0.6) is 0 Å². The van der Waals surface area contributed by atoms with Crippen LogP contribution in [-0.2, 0) is 17.4 Å². The van der Waals surface area contributed by atoms with E-state index in [4.69, 9.17) is 0 Å². The van der Waals surface area contributed by atoms with Crippen molar-refractivity contribution in [3.63, 3.8) is 0 Å². The van der Waals surface area contributed by atoms with Crippen molar-refractivity contribution in [2.45, 2.75) is 64.5 Å². The van der Waals surface area contributed by atoms with Crippen molar-refractivity contribution < 1.29 is 18.0 Å². The molecule has 4 nitrogen and oxygen atoms in total. The number of carbonyl (C=O) groups is 1. The molecule has 148 valence electrons. The van der Waals surface area contributed by atoms with Crippen LogP contribution in [0.2, 0.25) is 0 Å². The Bertz CT molecular complexity index is 696. The van der Waals surface area contributed by atoms with Crippen molar-refractivity contribution in [1.82, 2.24) is 15.3 Å². The minimum absolute atomic E-state index is 0.0145. The second-order valence-corrected chi connectivity index (χ2v) is 9.00. The maximum atomic E-state index is 12.9. The van der Waals surface area contributed by atoms with Crippen LogP contribution in [0, 0.1) is 30.1 Å². The van der Waals surface area contributed by atoms with Crippen LogP contribution in [-0.4, -0.2) is 22.4 Å². The molecule has 0 radical (unpaired) electrons. The van der Waals surface area contributed by atoms with Gasteiger partial charge in [0.15, 0.2) is 0 Å². The number of aryl methyl sites for hydroxylation is 1. The Morgan fingerprint density at radius 1 is 1.15 bits per heavy atom. The molecule has 0 atom stereocenters. The third-order valence-corrected chi connectivity index (χ3v) is 6.56. The van der Waals surface area contributed by atoms with Crippen LogP contribution in [0.15, 0.2) is 6.07 Å². The molecule has 4 saturated carbocycles. The predicted molar refractivity (Wildman–Crippen MR) is 93.7 cm³/mol. The summed E-state index contributed by atoms with van der Waals surface area (Å²) in [6.07, 6.45) is 3.81. The van der Waals surface area contributed by atoms with Gasteiger partial charge in [-0.25, -0.2) is 9.97 Å². The van der Waals surface area contributed by atoms with Gasteiger partial charge in [-0.15, -0.1) is 0 Å². The Balaban J connectivity index is 1.31. The van der Waals surface area contributed by atoms with E-state index in [1.54, 1.807) is 0 Å². The summed E-state index contributed by atoms with van der Waals surface area (Å²) in [5.41, 5.74) is -0.473. The van der Waals surface area contributed by atoms with E-state index >= 15 is 0 Å². The first kappa shape index (κ1) is 18.7. The number of aromatic nitrogens is 2. The molecule has 0 aromatic carbocycles. The molecule has 7 heteroatoms. The van der Waals surface area contributed by atoms with E-state index < -0.39 is 11.9 Å². The lowest BCUT2D eigenvalue weighted by Gasteiger charge is -2.56. The quantitative estimate of drug-likeness (QED) is 0.837. The van der Waals surface area contributed by atoms with Crippen molar-refractivity contribution in [1.29, 1.82) is 0 Å². The molecule has 1 aromatic heterocycles. The van der Waals surface area contributed by atoms with Crippen molar-refractivity contribution in [2.24, 2.45) is 23.2 Å². The van der Waals surface area contributed by atoms with E-state index in [0.717, 1.165) is 23.8 Å². The monoisotopic (exact) mass is 381 g/mol. The molecule has 4 aliphatic carbocycles. The molecule has 1 amide bonds. The molecular formula is C20H26F3N3O. The zero-order valence-corrected chi connectivity index (χ0v) is 15.6. The fourth-order valence-electron chi connectivity index (χ4n) is 6.11. The van der Waals surface area contributed by atoms with Gasteiger partial charge in [-0.1, -0.05) is 0 Å². The zero-order chi connectivity index (χ0) is 19.2. The summed E-state index contributed by atoms with van der Waals surface area (Å²) < 4.78 is 38.6. The second-order valence-electron chi connectivity index (χ2n) is 9.00. The SMILES string of the molecule is Cc1cc(C(F)(F)F)nc(CCNC(=O)CC23CC4CC(CC(C4)C2)C3)n1. The first-order valence-corrected chi connectivity index (χ1v) is 9.89. The highest BCUT2D eigenvalue weighted by atomic mass is 19.4. The first-order chi connectivity index (χ1) is 12.7. The molecule has 0 unspecified atom stereocenters. The van der Waals surface area contributed by atoms with Crippen LogP contribution in [0.1, 0.15) is 62.2 Å². The minimum atomic E-state index is -4.48. The Kier molecular flexibility index (Phi) is 4.67. The van der Waals surface area contributed by atoms with E-state index in [0.29, 0.717) is 6.42 Å². The average Bonchev–Trinajstić information content (AvgIpc) is 2.51. The summed E-state index contributed by atoms with van der Waals surface area (Å²) in [7, 11) is 0. The molecular weight excluding hydrogens is 355 g/mol. The largest absolute Gasteiger partial charge is 0.433 e. The topological polar surface area (TPSA) is 54.9 Å². The van der Waals surface area contributed by atoms with E-state index in [1.165, 1.54) is 45.4 Å². The molecule has 1 heterocycles. The van der Waals surface area contributed by atoms with Crippen molar-refractivity contribution in [3.8, 4) is 0 Å². The third-order valence-electron chi connectivity index (χ3n) is 6.56. The zero-order valence-electron chi connectivity index (χ0n) is 15.6. The highest BCUT2D eigenvalue weighted by Gasteiger charge is 2.51. The lowest BCUT2D eigenvalue weighted by atomic mass is 9.49. The Hall–Kier alpha value is -1.66. The Morgan fingerprint density at radius 3 is 2.30 bits per heavy atom. The van der Waals surface area contributed by atoms with Crippen LogP contribution in [0.4, 0.5) is 13.2 Å². The van der Waals surface area contributed by atoms with Gasteiger partial charge in [-0.3, -0.25) is 4.79 Å². The van der Waals surface area contributed by atoms with Gasteiger partial charge in [0.25, 0.3) is 0 Å². The molecule has 1 aromatic rings. The van der Waals surface area contributed by atoms with Crippen LogP contribution >= 0.6 is 0 Å². The normalized spacial score (nSPS) is 31.9. The summed E-state index contributed by atoms with van der Waals surface area (Å²) in [6.45, 7) is 1.79. The first-order valence-electron chi connectivity index (χ1n) is 9.89. The molecule has 0 spiro atoms. The number of halogens is 3. The Labute approximate surface area is 157 Å². The minimum Gasteiger partial charge on any atom is -0.356 e. The van der Waals surface area contributed by atoms with E-state index in [-0.39, 0.29) is 35.8 Å². The van der Waals surface area contributed by atoms with E-state index in [1.807, 2.05) is 0 Å². The van der Waals surface area contributed by atoms with Gasteiger partial charge in [0.1, 0.15) is 11.5 Å². The number of nitrogens with zero attached hydrogens (tertiary/aromatic N) is 2. The number of hydrogen-bond donors (Lipinski definition) is 1. The number of nitrogens with one attached hydrogen (secondary N) is 1.